The highest BCUT2D eigenvalue weighted by Gasteiger charge is 2.39. The minimum absolute atomic E-state index is 0.00246. The fourth-order valence-corrected chi connectivity index (χ4v) is 4.60. The number of aliphatic hydroxyl groups is 1. The molecule has 0 fully saturated rings. The van der Waals surface area contributed by atoms with Crippen LogP contribution >= 0.6 is 0 Å². The van der Waals surface area contributed by atoms with E-state index >= 15 is 0 Å². The number of carbonyl (C=O) groups excluding carboxylic acids is 1. The first-order valence-corrected chi connectivity index (χ1v) is 10.6. The third-order valence-electron chi connectivity index (χ3n) is 6.22. The second-order valence-corrected chi connectivity index (χ2v) is 8.29. The zero-order chi connectivity index (χ0) is 24.1. The second-order valence-electron chi connectivity index (χ2n) is 8.29. The van der Waals surface area contributed by atoms with Crippen LogP contribution in [0.1, 0.15) is 51.6 Å². The molecule has 2 heterocycles. The third-order valence-corrected chi connectivity index (χ3v) is 6.22. The number of hydrogen-bond donors (Lipinski definition) is 5. The van der Waals surface area contributed by atoms with Gasteiger partial charge >= 0.3 is 0 Å². The zero-order valence-electron chi connectivity index (χ0n) is 18.1. The number of hydrogen-bond acceptors (Lipinski definition) is 9. The molecule has 34 heavy (non-hydrogen) atoms. The number of methoxy groups -OCH3 is 1. The van der Waals surface area contributed by atoms with Crippen molar-refractivity contribution in [3.05, 3.63) is 64.7 Å². The van der Waals surface area contributed by atoms with Gasteiger partial charge < -0.3 is 39.7 Å². The number of aliphatic hydroxyl groups excluding tert-OH is 1. The van der Waals surface area contributed by atoms with Gasteiger partial charge in [-0.2, -0.15) is 0 Å². The lowest BCUT2D eigenvalue weighted by atomic mass is 9.88. The largest absolute Gasteiger partial charge is 0.508 e. The van der Waals surface area contributed by atoms with Crippen molar-refractivity contribution in [2.24, 2.45) is 0 Å². The lowest BCUT2D eigenvalue weighted by Gasteiger charge is -2.26. The van der Waals surface area contributed by atoms with Crippen LogP contribution in [0.4, 0.5) is 0 Å². The van der Waals surface area contributed by atoms with E-state index < -0.39 is 18.1 Å². The summed E-state index contributed by atoms with van der Waals surface area (Å²) in [6.45, 7) is -0.293. The molecule has 0 aliphatic carbocycles. The Morgan fingerprint density at radius 2 is 1.74 bits per heavy atom. The van der Waals surface area contributed by atoms with Crippen molar-refractivity contribution in [2.75, 3.05) is 13.7 Å². The van der Waals surface area contributed by atoms with E-state index in [0.717, 1.165) is 6.07 Å². The number of rotatable bonds is 4. The van der Waals surface area contributed by atoms with E-state index in [1.807, 2.05) is 0 Å². The molecule has 3 atom stereocenters. The molecule has 0 saturated heterocycles. The molecule has 2 aliphatic rings. The number of ether oxygens (including phenoxy) is 3. The Kier molecular flexibility index (Phi) is 5.13. The molecule has 0 saturated carbocycles. The Morgan fingerprint density at radius 3 is 2.47 bits per heavy atom. The number of benzene rings is 3. The monoisotopic (exact) mass is 466 g/mol. The summed E-state index contributed by atoms with van der Waals surface area (Å²) in [5, 5.41) is 50.6. The quantitative estimate of drug-likeness (QED) is 0.390. The zero-order valence-corrected chi connectivity index (χ0v) is 18.1. The van der Waals surface area contributed by atoms with Crippen LogP contribution in [0.2, 0.25) is 0 Å². The number of ketones is 1. The summed E-state index contributed by atoms with van der Waals surface area (Å²) in [6.07, 6.45) is -1.53. The average Bonchev–Trinajstić information content (AvgIpc) is 3.17. The molecular weight excluding hydrogens is 444 g/mol. The molecule has 5 rings (SSSR count). The van der Waals surface area contributed by atoms with Crippen molar-refractivity contribution < 1.29 is 44.5 Å². The number of aromatic hydroxyl groups is 4. The van der Waals surface area contributed by atoms with Crippen LogP contribution in [0, 0.1) is 0 Å². The summed E-state index contributed by atoms with van der Waals surface area (Å²) in [4.78, 5) is 12.7. The summed E-state index contributed by atoms with van der Waals surface area (Å²) in [7, 11) is 1.42. The predicted octanol–water partition coefficient (Wildman–Crippen LogP) is 3.43. The number of fused-ring (bicyclic) bond motifs is 2. The van der Waals surface area contributed by atoms with E-state index in [9.17, 15) is 30.3 Å². The molecule has 0 amide bonds. The van der Waals surface area contributed by atoms with Crippen LogP contribution in [0.25, 0.3) is 0 Å². The van der Waals surface area contributed by atoms with Crippen LogP contribution in [0.3, 0.4) is 0 Å². The summed E-state index contributed by atoms with van der Waals surface area (Å²) in [5.74, 6) is -1.25. The fraction of sp³-hybridized carbons (Fsp3) is 0.240. The molecule has 0 radical (unpaired) electrons. The Bertz CT molecular complexity index is 1300. The molecule has 1 unspecified atom stereocenters. The van der Waals surface area contributed by atoms with E-state index in [1.54, 1.807) is 18.2 Å². The van der Waals surface area contributed by atoms with Gasteiger partial charge in [0.2, 0.25) is 0 Å². The van der Waals surface area contributed by atoms with Crippen molar-refractivity contribution in [1.29, 1.82) is 0 Å². The van der Waals surface area contributed by atoms with Crippen molar-refractivity contribution in [1.82, 2.24) is 0 Å². The predicted molar refractivity (Wildman–Crippen MR) is 118 cm³/mol. The van der Waals surface area contributed by atoms with Crippen molar-refractivity contribution in [3.8, 4) is 40.2 Å². The first kappa shape index (κ1) is 21.7. The topological polar surface area (TPSA) is 146 Å². The van der Waals surface area contributed by atoms with Gasteiger partial charge in [-0.05, 0) is 35.4 Å². The Morgan fingerprint density at radius 1 is 0.941 bits per heavy atom. The Labute approximate surface area is 194 Å². The van der Waals surface area contributed by atoms with Crippen LogP contribution in [0.15, 0.2) is 42.5 Å². The first-order valence-electron chi connectivity index (χ1n) is 10.6. The minimum atomic E-state index is -0.787. The van der Waals surface area contributed by atoms with Gasteiger partial charge in [0, 0.05) is 17.7 Å². The molecule has 176 valence electrons. The molecule has 0 aromatic heterocycles. The van der Waals surface area contributed by atoms with E-state index in [-0.39, 0.29) is 64.6 Å². The number of Topliss-reactive ketones (excluding diaryl/α,β-unsaturated/α-hetero) is 1. The first-order chi connectivity index (χ1) is 16.3. The van der Waals surface area contributed by atoms with Gasteiger partial charge in [-0.3, -0.25) is 4.79 Å². The van der Waals surface area contributed by atoms with E-state index in [0.29, 0.717) is 16.7 Å². The SMILES string of the molecule is COc1cc([C@@H]2Oc3c(O)cc(C4CC(=O)c5c(O)cc(O)cc5O4)cc3[C@H]2CO)ccc1O. The number of phenolic OH excluding ortho intramolecular Hbond substituents is 4. The molecular formula is C25H22O9. The van der Waals surface area contributed by atoms with Gasteiger partial charge in [-0.1, -0.05) is 6.07 Å². The van der Waals surface area contributed by atoms with Gasteiger partial charge in [0.15, 0.2) is 28.8 Å². The number of phenols is 4. The van der Waals surface area contributed by atoms with Crippen LogP contribution < -0.4 is 14.2 Å². The third kappa shape index (κ3) is 3.41. The van der Waals surface area contributed by atoms with Gasteiger partial charge in [0.25, 0.3) is 0 Å². The van der Waals surface area contributed by atoms with E-state index in [2.05, 4.69) is 0 Å². The van der Waals surface area contributed by atoms with Crippen molar-refractivity contribution >= 4 is 5.78 Å². The maximum Gasteiger partial charge on any atom is 0.174 e. The van der Waals surface area contributed by atoms with Gasteiger partial charge in [-0.15, -0.1) is 0 Å². The summed E-state index contributed by atoms with van der Waals surface area (Å²) >= 11 is 0. The lowest BCUT2D eigenvalue weighted by molar-refractivity contribution is 0.0844. The van der Waals surface area contributed by atoms with Crippen molar-refractivity contribution in [3.63, 3.8) is 0 Å². The molecule has 3 aromatic rings. The lowest BCUT2D eigenvalue weighted by Crippen LogP contribution is -2.20. The second kappa shape index (κ2) is 8.03. The smallest absolute Gasteiger partial charge is 0.174 e. The maximum absolute atomic E-state index is 12.7. The highest BCUT2D eigenvalue weighted by molar-refractivity contribution is 6.02. The highest BCUT2D eigenvalue weighted by Crippen LogP contribution is 2.52. The standard InChI is InChI=1S/C25H22O9/c1-32-21-6-11(2-3-16(21)28)24-15(10-26)14-4-12(5-19(31)25(14)34-24)20-9-18(30)23-17(29)7-13(27)8-22(23)33-20/h2-8,15,20,24,26-29,31H,9-10H2,1H3/t15-,20?,24+/m1/s1. The van der Waals surface area contributed by atoms with Gasteiger partial charge in [0.1, 0.15) is 35.0 Å². The molecule has 3 aromatic carbocycles. The van der Waals surface area contributed by atoms with Crippen LogP contribution in [-0.4, -0.2) is 45.0 Å². The average molecular weight is 466 g/mol. The van der Waals surface area contributed by atoms with E-state index in [4.69, 9.17) is 14.2 Å². The van der Waals surface area contributed by atoms with Crippen LogP contribution in [-0.2, 0) is 0 Å². The van der Waals surface area contributed by atoms with Crippen molar-refractivity contribution in [2.45, 2.75) is 24.5 Å². The molecule has 9 nitrogen and oxygen atoms in total. The summed E-state index contributed by atoms with van der Waals surface area (Å²) in [5.41, 5.74) is 1.64. The fourth-order valence-electron chi connectivity index (χ4n) is 4.60. The maximum atomic E-state index is 12.7. The highest BCUT2D eigenvalue weighted by atomic mass is 16.5. The molecule has 5 N–H and O–H groups in total. The van der Waals surface area contributed by atoms with Crippen LogP contribution in [0.5, 0.6) is 40.2 Å². The minimum Gasteiger partial charge on any atom is -0.508 e. The molecule has 0 spiro atoms. The van der Waals surface area contributed by atoms with Gasteiger partial charge in [0.05, 0.1) is 26.1 Å². The Hall–Kier alpha value is -4.11. The molecule has 2 aliphatic heterocycles. The molecule has 9 heteroatoms. The summed E-state index contributed by atoms with van der Waals surface area (Å²) < 4.78 is 17.1. The number of carbonyl (C=O) groups is 1. The normalized spacial score (nSPS) is 20.8. The van der Waals surface area contributed by atoms with E-state index in [1.165, 1.54) is 25.3 Å². The Balaban J connectivity index is 1.51. The summed E-state index contributed by atoms with van der Waals surface area (Å²) in [6, 6.07) is 10.2. The van der Waals surface area contributed by atoms with Gasteiger partial charge in [-0.25, -0.2) is 0 Å². The molecule has 0 bridgehead atoms.